The minimum atomic E-state index is -1.21. The zero-order valence-corrected chi connectivity index (χ0v) is 11.4. The zero-order chi connectivity index (χ0) is 13.9. The van der Waals surface area contributed by atoms with E-state index < -0.39 is 12.1 Å². The fraction of sp³-hybridized carbons (Fsp3) is 0.533. The first-order chi connectivity index (χ1) is 9.10. The lowest BCUT2D eigenvalue weighted by Crippen LogP contribution is -2.17. The van der Waals surface area contributed by atoms with Crippen molar-refractivity contribution in [1.29, 1.82) is 0 Å². The van der Waals surface area contributed by atoms with Gasteiger partial charge in [-0.15, -0.1) is 0 Å². The number of benzene rings is 1. The number of ether oxygens (including phenoxy) is 2. The number of rotatable bonds is 6. The second-order valence-electron chi connectivity index (χ2n) is 4.96. The molecule has 1 fully saturated rings. The Kier molecular flexibility index (Phi) is 4.22. The van der Waals surface area contributed by atoms with Gasteiger partial charge in [0.15, 0.2) is 6.10 Å². The van der Waals surface area contributed by atoms with Crippen LogP contribution in [0.5, 0.6) is 0 Å². The van der Waals surface area contributed by atoms with E-state index >= 15 is 0 Å². The Labute approximate surface area is 113 Å². The van der Waals surface area contributed by atoms with E-state index in [0.29, 0.717) is 5.56 Å². The topological polar surface area (TPSA) is 55.8 Å². The lowest BCUT2D eigenvalue weighted by Gasteiger charge is -2.15. The minimum Gasteiger partial charge on any atom is -0.464 e. The molecule has 0 bridgehead atoms. The number of carbonyl (C=O) groups is 1. The Hall–Kier alpha value is -1.39. The first-order valence-corrected chi connectivity index (χ1v) is 6.59. The molecule has 0 spiro atoms. The van der Waals surface area contributed by atoms with Gasteiger partial charge in [-0.05, 0) is 30.9 Å². The number of aliphatic hydroxyl groups excluding tert-OH is 1. The van der Waals surface area contributed by atoms with Gasteiger partial charge < -0.3 is 14.6 Å². The number of hydrogen-bond acceptors (Lipinski definition) is 4. The molecular weight excluding hydrogens is 244 g/mol. The van der Waals surface area contributed by atoms with Gasteiger partial charge in [0.05, 0.1) is 12.2 Å². The summed E-state index contributed by atoms with van der Waals surface area (Å²) in [5.74, 6) is -0.604. The highest BCUT2D eigenvalue weighted by Gasteiger charge is 2.42. The Bertz CT molecular complexity index is 451. The summed E-state index contributed by atoms with van der Waals surface area (Å²) >= 11 is 0. The van der Waals surface area contributed by atoms with Crippen LogP contribution >= 0.6 is 0 Å². The molecule has 0 saturated heterocycles. The summed E-state index contributed by atoms with van der Waals surface area (Å²) in [5, 5.41) is 9.91. The minimum absolute atomic E-state index is 0.0342. The molecule has 4 nitrogen and oxygen atoms in total. The molecule has 0 radical (unpaired) electrons. The standard InChI is InChI=1S/C15H20O4/c1-3-19-14(17)13(16)12-6-4-5-11(9-12)10-15(18-2)7-8-15/h4-6,9,13,16H,3,7-8,10H2,1-2H3. The molecule has 1 unspecified atom stereocenters. The number of methoxy groups -OCH3 is 1. The second-order valence-corrected chi connectivity index (χ2v) is 4.96. The molecule has 1 aromatic rings. The number of aliphatic hydroxyl groups is 1. The highest BCUT2D eigenvalue weighted by atomic mass is 16.5. The molecule has 1 N–H and O–H groups in total. The Morgan fingerprint density at radius 3 is 2.79 bits per heavy atom. The van der Waals surface area contributed by atoms with Crippen LogP contribution in [0.3, 0.4) is 0 Å². The first-order valence-electron chi connectivity index (χ1n) is 6.59. The fourth-order valence-electron chi connectivity index (χ4n) is 2.19. The van der Waals surface area contributed by atoms with E-state index in [4.69, 9.17) is 9.47 Å². The smallest absolute Gasteiger partial charge is 0.339 e. The number of carbonyl (C=O) groups excluding carboxylic acids is 1. The van der Waals surface area contributed by atoms with Crippen LogP contribution in [0.2, 0.25) is 0 Å². The van der Waals surface area contributed by atoms with Gasteiger partial charge in [-0.25, -0.2) is 4.79 Å². The molecule has 4 heteroatoms. The molecule has 1 aromatic carbocycles. The molecule has 0 heterocycles. The maximum Gasteiger partial charge on any atom is 0.339 e. The van der Waals surface area contributed by atoms with Crippen molar-refractivity contribution in [2.24, 2.45) is 0 Å². The first kappa shape index (κ1) is 14.0. The van der Waals surface area contributed by atoms with E-state index in [1.807, 2.05) is 18.2 Å². The summed E-state index contributed by atoms with van der Waals surface area (Å²) in [5.41, 5.74) is 1.61. The Morgan fingerprint density at radius 1 is 1.47 bits per heavy atom. The van der Waals surface area contributed by atoms with Gasteiger partial charge in [-0.1, -0.05) is 24.3 Å². The normalized spacial score (nSPS) is 17.8. The molecule has 104 valence electrons. The van der Waals surface area contributed by atoms with Crippen molar-refractivity contribution in [3.05, 3.63) is 35.4 Å². The third-order valence-electron chi connectivity index (χ3n) is 3.54. The summed E-state index contributed by atoms with van der Waals surface area (Å²) in [6, 6.07) is 7.41. The number of hydrogen-bond donors (Lipinski definition) is 1. The maximum atomic E-state index is 11.5. The molecule has 0 amide bonds. The molecule has 1 aliphatic rings. The summed E-state index contributed by atoms with van der Waals surface area (Å²) < 4.78 is 10.3. The van der Waals surface area contributed by atoms with Crippen molar-refractivity contribution in [2.45, 2.75) is 37.9 Å². The predicted octanol–water partition coefficient (Wildman–Crippen LogP) is 2.00. The van der Waals surface area contributed by atoms with Crippen molar-refractivity contribution in [3.8, 4) is 0 Å². The third kappa shape index (κ3) is 3.33. The maximum absolute atomic E-state index is 11.5. The van der Waals surface area contributed by atoms with Crippen LogP contribution in [0.15, 0.2) is 24.3 Å². The molecular formula is C15H20O4. The van der Waals surface area contributed by atoms with Crippen LogP contribution in [0.4, 0.5) is 0 Å². The molecule has 2 rings (SSSR count). The van der Waals surface area contributed by atoms with Gasteiger partial charge in [-0.2, -0.15) is 0 Å². The highest BCUT2D eigenvalue weighted by molar-refractivity contribution is 5.76. The molecule has 0 aliphatic heterocycles. The van der Waals surface area contributed by atoms with Crippen molar-refractivity contribution in [2.75, 3.05) is 13.7 Å². The van der Waals surface area contributed by atoms with E-state index in [1.165, 1.54) is 0 Å². The van der Waals surface area contributed by atoms with Crippen molar-refractivity contribution in [3.63, 3.8) is 0 Å². The lowest BCUT2D eigenvalue weighted by molar-refractivity contribution is -0.153. The summed E-state index contributed by atoms with van der Waals surface area (Å²) in [4.78, 5) is 11.5. The lowest BCUT2D eigenvalue weighted by atomic mass is 10.0. The molecule has 1 saturated carbocycles. The van der Waals surface area contributed by atoms with Gasteiger partial charge in [0.25, 0.3) is 0 Å². The van der Waals surface area contributed by atoms with E-state index in [2.05, 4.69) is 0 Å². The van der Waals surface area contributed by atoms with Gasteiger partial charge in [-0.3, -0.25) is 0 Å². The average Bonchev–Trinajstić information content (AvgIpc) is 3.19. The molecule has 1 atom stereocenters. The number of esters is 1. The quantitative estimate of drug-likeness (QED) is 0.798. The van der Waals surface area contributed by atoms with Gasteiger partial charge in [0.1, 0.15) is 0 Å². The summed E-state index contributed by atoms with van der Waals surface area (Å²) in [7, 11) is 1.73. The highest BCUT2D eigenvalue weighted by Crippen LogP contribution is 2.41. The van der Waals surface area contributed by atoms with E-state index in [9.17, 15) is 9.90 Å². The Balaban J connectivity index is 2.08. The average molecular weight is 264 g/mol. The van der Waals surface area contributed by atoms with Crippen LogP contribution in [-0.2, 0) is 20.7 Å². The van der Waals surface area contributed by atoms with Gasteiger partial charge >= 0.3 is 5.97 Å². The van der Waals surface area contributed by atoms with Crippen LogP contribution in [0.1, 0.15) is 37.0 Å². The van der Waals surface area contributed by atoms with Crippen LogP contribution < -0.4 is 0 Å². The Morgan fingerprint density at radius 2 is 2.21 bits per heavy atom. The van der Waals surface area contributed by atoms with Crippen LogP contribution in [-0.4, -0.2) is 30.4 Å². The monoisotopic (exact) mass is 264 g/mol. The van der Waals surface area contributed by atoms with E-state index in [-0.39, 0.29) is 12.2 Å². The summed E-state index contributed by atoms with van der Waals surface area (Å²) in [6.07, 6.45) is 1.73. The fourth-order valence-corrected chi connectivity index (χ4v) is 2.19. The van der Waals surface area contributed by atoms with Crippen LogP contribution in [0.25, 0.3) is 0 Å². The molecule has 0 aromatic heterocycles. The van der Waals surface area contributed by atoms with Crippen molar-refractivity contribution in [1.82, 2.24) is 0 Å². The largest absolute Gasteiger partial charge is 0.464 e. The molecule has 19 heavy (non-hydrogen) atoms. The van der Waals surface area contributed by atoms with Crippen LogP contribution in [0, 0.1) is 0 Å². The van der Waals surface area contributed by atoms with Crippen molar-refractivity contribution >= 4 is 5.97 Å². The van der Waals surface area contributed by atoms with Crippen molar-refractivity contribution < 1.29 is 19.4 Å². The second kappa shape index (κ2) is 5.72. The third-order valence-corrected chi connectivity index (χ3v) is 3.54. The molecule has 1 aliphatic carbocycles. The van der Waals surface area contributed by atoms with E-state index in [0.717, 1.165) is 24.8 Å². The van der Waals surface area contributed by atoms with Gasteiger partial charge in [0, 0.05) is 13.5 Å². The SMILES string of the molecule is CCOC(=O)C(O)c1cccc(CC2(OC)CC2)c1. The summed E-state index contributed by atoms with van der Waals surface area (Å²) in [6.45, 7) is 1.98. The van der Waals surface area contributed by atoms with E-state index in [1.54, 1.807) is 20.1 Å². The van der Waals surface area contributed by atoms with Gasteiger partial charge in [0.2, 0.25) is 0 Å². The predicted molar refractivity (Wildman–Crippen MR) is 70.7 cm³/mol. The zero-order valence-electron chi connectivity index (χ0n) is 11.4.